The summed E-state index contributed by atoms with van der Waals surface area (Å²) in [6, 6.07) is -1.47. The third kappa shape index (κ3) is 33.0. The van der Waals surface area contributed by atoms with Crippen molar-refractivity contribution in [2.45, 2.75) is 180 Å². The van der Waals surface area contributed by atoms with E-state index >= 15 is 0 Å². The predicted molar refractivity (Wildman–Crippen MR) is 189 cm³/mol. The molecule has 1 unspecified atom stereocenters. The molecule has 0 aliphatic carbocycles. The minimum absolute atomic E-state index is 0.0185. The number of carboxylic acid groups (broad SMARTS) is 1. The van der Waals surface area contributed by atoms with Crippen molar-refractivity contribution in [3.8, 4) is 0 Å². The van der Waals surface area contributed by atoms with Gasteiger partial charge in [-0.25, -0.2) is 4.57 Å². The average Bonchev–Trinajstić information content (AvgIpc) is 3.04. The Morgan fingerprint density at radius 3 is 1.68 bits per heavy atom. The monoisotopic (exact) mass is 691 g/mol. The van der Waals surface area contributed by atoms with Crippen LogP contribution in [0.15, 0.2) is 12.2 Å². The van der Waals surface area contributed by atoms with Crippen LogP contribution in [0.5, 0.6) is 0 Å². The highest BCUT2D eigenvalue weighted by Gasteiger charge is 2.27. The van der Waals surface area contributed by atoms with E-state index in [1.54, 1.807) is 0 Å². The molecule has 0 heterocycles. The summed E-state index contributed by atoms with van der Waals surface area (Å²) in [7, 11) is -4.60. The summed E-state index contributed by atoms with van der Waals surface area (Å²) < 4.78 is 33.2. The molecule has 0 aromatic carbocycles. The second kappa shape index (κ2) is 33.2. The highest BCUT2D eigenvalue weighted by molar-refractivity contribution is 7.47. The number of rotatable bonds is 36. The molecule has 11 heteroatoms. The van der Waals surface area contributed by atoms with Crippen molar-refractivity contribution in [3.05, 3.63) is 12.2 Å². The number of phosphoric acid groups is 1. The summed E-state index contributed by atoms with van der Waals surface area (Å²) in [5.74, 6) is -1.79. The van der Waals surface area contributed by atoms with Crippen LogP contribution >= 0.6 is 7.82 Å². The van der Waals surface area contributed by atoms with Crippen molar-refractivity contribution in [1.82, 2.24) is 0 Å². The first-order valence-electron chi connectivity index (χ1n) is 18.7. The minimum atomic E-state index is -4.60. The van der Waals surface area contributed by atoms with Crippen LogP contribution in [0.2, 0.25) is 0 Å². The Bertz CT molecular complexity index is 811. The van der Waals surface area contributed by atoms with E-state index in [2.05, 4.69) is 30.5 Å². The standard InChI is InChI=1S/C36H70NO9P/c1-3-5-7-9-11-13-15-16-17-19-21-23-25-27-29-43-30-33(31-44-47(41,42)45-32-34(37)36(39)40)46-35(38)28-26-24-22-20-18-14-12-10-8-6-4-2/h10,12,33-34H,3-9,11,13-32,37H2,1-2H3,(H,39,40)(H,41,42)/b12-10-/t33-,34+/m1/s1. The van der Waals surface area contributed by atoms with Gasteiger partial charge in [0.1, 0.15) is 12.1 Å². The van der Waals surface area contributed by atoms with Gasteiger partial charge in [0, 0.05) is 13.0 Å². The van der Waals surface area contributed by atoms with Crippen LogP contribution in [0, 0.1) is 0 Å². The number of carbonyl (C=O) groups is 2. The third-order valence-corrected chi connectivity index (χ3v) is 9.00. The van der Waals surface area contributed by atoms with Crippen molar-refractivity contribution in [2.24, 2.45) is 5.73 Å². The molecule has 47 heavy (non-hydrogen) atoms. The number of esters is 1. The number of ether oxygens (including phenoxy) is 2. The highest BCUT2D eigenvalue weighted by Crippen LogP contribution is 2.43. The van der Waals surface area contributed by atoms with Gasteiger partial charge in [-0.2, -0.15) is 0 Å². The van der Waals surface area contributed by atoms with E-state index in [4.69, 9.17) is 24.8 Å². The molecule has 0 aliphatic rings. The van der Waals surface area contributed by atoms with Gasteiger partial charge in [-0.3, -0.25) is 18.6 Å². The smallest absolute Gasteiger partial charge is 0.472 e. The molecule has 0 spiro atoms. The topological polar surface area (TPSA) is 155 Å². The summed E-state index contributed by atoms with van der Waals surface area (Å²) >= 11 is 0. The van der Waals surface area contributed by atoms with Crippen LogP contribution in [0.25, 0.3) is 0 Å². The van der Waals surface area contributed by atoms with E-state index in [1.807, 2.05) is 0 Å². The summed E-state index contributed by atoms with van der Waals surface area (Å²) in [6.45, 7) is 3.83. The Kier molecular flexibility index (Phi) is 32.3. The van der Waals surface area contributed by atoms with Gasteiger partial charge in [0.25, 0.3) is 0 Å². The fraction of sp³-hybridized carbons (Fsp3) is 0.889. The molecule has 0 aliphatic heterocycles. The SMILES string of the molecule is CCCC/C=C\CCCCCCCC(=O)O[C@H](COCCCCCCCCCCCCCCCC)COP(=O)(O)OC[C@H](N)C(=O)O. The number of phosphoric ester groups is 1. The maximum atomic E-state index is 12.5. The van der Waals surface area contributed by atoms with E-state index in [9.17, 15) is 19.0 Å². The van der Waals surface area contributed by atoms with Crippen molar-refractivity contribution in [3.63, 3.8) is 0 Å². The van der Waals surface area contributed by atoms with Crippen LogP contribution in [-0.4, -0.2) is 60.5 Å². The molecule has 0 bridgehead atoms. The number of nitrogens with two attached hydrogens (primary N) is 1. The molecule has 0 amide bonds. The number of carboxylic acids is 1. The number of unbranched alkanes of at least 4 members (excludes halogenated alkanes) is 20. The third-order valence-electron chi connectivity index (χ3n) is 8.04. The Balaban J connectivity index is 4.29. The number of hydrogen-bond donors (Lipinski definition) is 3. The molecule has 10 nitrogen and oxygen atoms in total. The first-order valence-corrected chi connectivity index (χ1v) is 20.2. The number of carbonyl (C=O) groups excluding carboxylic acids is 1. The average molecular weight is 692 g/mol. The number of allylic oxidation sites excluding steroid dienone is 2. The van der Waals surface area contributed by atoms with Gasteiger partial charge in [-0.05, 0) is 32.1 Å². The molecule has 0 radical (unpaired) electrons. The maximum absolute atomic E-state index is 12.5. The van der Waals surface area contributed by atoms with Crippen LogP contribution < -0.4 is 5.73 Å². The van der Waals surface area contributed by atoms with Gasteiger partial charge >= 0.3 is 19.8 Å². The summed E-state index contributed by atoms with van der Waals surface area (Å²) in [6.07, 6.45) is 31.2. The zero-order chi connectivity index (χ0) is 34.9. The predicted octanol–water partition coefficient (Wildman–Crippen LogP) is 9.42. The second-order valence-corrected chi connectivity index (χ2v) is 14.2. The van der Waals surface area contributed by atoms with Gasteiger partial charge in [-0.15, -0.1) is 0 Å². The molecule has 278 valence electrons. The van der Waals surface area contributed by atoms with Gasteiger partial charge in [-0.1, -0.05) is 142 Å². The summed E-state index contributed by atoms with van der Waals surface area (Å²) in [4.78, 5) is 33.3. The van der Waals surface area contributed by atoms with E-state index in [0.29, 0.717) is 13.0 Å². The van der Waals surface area contributed by atoms with Crippen LogP contribution in [-0.2, 0) is 32.7 Å². The molecule has 0 aromatic heterocycles. The Morgan fingerprint density at radius 1 is 0.660 bits per heavy atom. The first-order chi connectivity index (χ1) is 22.7. The Hall–Kier alpha value is -1.29. The van der Waals surface area contributed by atoms with Crippen LogP contribution in [0.4, 0.5) is 0 Å². The summed E-state index contributed by atoms with van der Waals surface area (Å²) in [5, 5.41) is 8.85. The molecule has 0 aromatic rings. The zero-order valence-corrected chi connectivity index (χ0v) is 30.8. The number of hydrogen-bond acceptors (Lipinski definition) is 8. The highest BCUT2D eigenvalue weighted by atomic mass is 31.2. The quantitative estimate of drug-likeness (QED) is 0.0250. The minimum Gasteiger partial charge on any atom is -0.480 e. The van der Waals surface area contributed by atoms with Gasteiger partial charge in [0.2, 0.25) is 0 Å². The summed E-state index contributed by atoms with van der Waals surface area (Å²) in [5.41, 5.74) is 5.33. The Morgan fingerprint density at radius 2 is 1.13 bits per heavy atom. The van der Waals surface area contributed by atoms with Crippen molar-refractivity contribution >= 4 is 19.8 Å². The van der Waals surface area contributed by atoms with E-state index in [1.165, 1.54) is 83.5 Å². The molecule has 0 saturated carbocycles. The largest absolute Gasteiger partial charge is 0.480 e. The lowest BCUT2D eigenvalue weighted by molar-refractivity contribution is -0.154. The molecule has 4 N–H and O–H groups in total. The lowest BCUT2D eigenvalue weighted by Crippen LogP contribution is -2.34. The fourth-order valence-electron chi connectivity index (χ4n) is 5.05. The van der Waals surface area contributed by atoms with Crippen molar-refractivity contribution < 1.29 is 42.7 Å². The molecule has 0 fully saturated rings. The lowest BCUT2D eigenvalue weighted by atomic mass is 10.0. The molecular formula is C36H70NO9P. The van der Waals surface area contributed by atoms with Gasteiger partial charge in [0.15, 0.2) is 0 Å². The lowest BCUT2D eigenvalue weighted by Gasteiger charge is -2.20. The van der Waals surface area contributed by atoms with Gasteiger partial charge in [0.05, 0.1) is 19.8 Å². The van der Waals surface area contributed by atoms with Crippen LogP contribution in [0.1, 0.15) is 168 Å². The number of aliphatic carboxylic acids is 1. The Labute approximate surface area is 286 Å². The van der Waals surface area contributed by atoms with Crippen LogP contribution in [0.3, 0.4) is 0 Å². The molecule has 3 atom stereocenters. The first kappa shape index (κ1) is 45.7. The fourth-order valence-corrected chi connectivity index (χ4v) is 5.83. The van der Waals surface area contributed by atoms with E-state index in [-0.39, 0.29) is 13.0 Å². The maximum Gasteiger partial charge on any atom is 0.472 e. The second-order valence-electron chi connectivity index (χ2n) is 12.7. The molecule has 0 rings (SSSR count). The molecular weight excluding hydrogens is 621 g/mol. The van der Waals surface area contributed by atoms with E-state index in [0.717, 1.165) is 57.8 Å². The van der Waals surface area contributed by atoms with E-state index < -0.39 is 45.1 Å². The van der Waals surface area contributed by atoms with Crippen molar-refractivity contribution in [1.29, 1.82) is 0 Å². The zero-order valence-electron chi connectivity index (χ0n) is 29.9. The normalized spacial score (nSPS) is 14.3. The van der Waals surface area contributed by atoms with Crippen molar-refractivity contribution in [2.75, 3.05) is 26.4 Å². The molecule has 0 saturated heterocycles. The van der Waals surface area contributed by atoms with Gasteiger partial charge < -0.3 is 25.2 Å².